The Morgan fingerprint density at radius 3 is 2.10 bits per heavy atom. The van der Waals surface area contributed by atoms with Gasteiger partial charge in [0.25, 0.3) is 0 Å². The SMILES string of the molecule is COc1ccc(CC(=O)N(Cc2ccc(Cl)cc2)C(C)C(=O)NC(C)(C)C)cc1. The van der Waals surface area contributed by atoms with Crippen molar-refractivity contribution in [3.05, 3.63) is 64.7 Å². The number of halogens is 1. The molecule has 2 aromatic carbocycles. The van der Waals surface area contributed by atoms with E-state index in [-0.39, 0.29) is 23.8 Å². The monoisotopic (exact) mass is 416 g/mol. The molecule has 0 radical (unpaired) electrons. The minimum atomic E-state index is -0.615. The zero-order valence-corrected chi connectivity index (χ0v) is 18.4. The van der Waals surface area contributed by atoms with Crippen molar-refractivity contribution in [1.82, 2.24) is 10.2 Å². The largest absolute Gasteiger partial charge is 0.497 e. The molecule has 1 atom stereocenters. The molecule has 0 aromatic heterocycles. The van der Waals surface area contributed by atoms with Crippen molar-refractivity contribution in [3.8, 4) is 5.75 Å². The first-order valence-corrected chi connectivity index (χ1v) is 9.96. The molecular weight excluding hydrogens is 388 g/mol. The van der Waals surface area contributed by atoms with Crippen molar-refractivity contribution < 1.29 is 14.3 Å². The van der Waals surface area contributed by atoms with E-state index in [1.54, 1.807) is 31.1 Å². The van der Waals surface area contributed by atoms with E-state index in [1.807, 2.05) is 57.2 Å². The number of nitrogens with zero attached hydrogens (tertiary/aromatic N) is 1. The fraction of sp³-hybridized carbons (Fsp3) is 0.391. The molecule has 0 bridgehead atoms. The van der Waals surface area contributed by atoms with E-state index in [9.17, 15) is 9.59 Å². The number of carbonyl (C=O) groups is 2. The topological polar surface area (TPSA) is 58.6 Å². The van der Waals surface area contributed by atoms with E-state index in [0.29, 0.717) is 11.6 Å². The van der Waals surface area contributed by atoms with Crippen molar-refractivity contribution in [3.63, 3.8) is 0 Å². The lowest BCUT2D eigenvalue weighted by Crippen LogP contribution is -2.52. The number of amides is 2. The molecule has 0 aliphatic rings. The van der Waals surface area contributed by atoms with Crippen LogP contribution in [0, 0.1) is 0 Å². The highest BCUT2D eigenvalue weighted by Crippen LogP contribution is 2.17. The predicted molar refractivity (Wildman–Crippen MR) is 116 cm³/mol. The fourth-order valence-corrected chi connectivity index (χ4v) is 2.99. The number of hydrogen-bond donors (Lipinski definition) is 1. The second kappa shape index (κ2) is 9.79. The molecule has 1 N–H and O–H groups in total. The Labute approximate surface area is 178 Å². The van der Waals surface area contributed by atoms with Gasteiger partial charge in [-0.1, -0.05) is 35.9 Å². The molecule has 0 saturated heterocycles. The van der Waals surface area contributed by atoms with Crippen LogP contribution in [0.15, 0.2) is 48.5 Å². The quantitative estimate of drug-likeness (QED) is 0.735. The van der Waals surface area contributed by atoms with Crippen molar-refractivity contribution >= 4 is 23.4 Å². The summed E-state index contributed by atoms with van der Waals surface area (Å²) in [4.78, 5) is 27.5. The van der Waals surface area contributed by atoms with Crippen molar-refractivity contribution in [2.24, 2.45) is 0 Å². The van der Waals surface area contributed by atoms with E-state index in [0.717, 1.165) is 16.9 Å². The Morgan fingerprint density at radius 2 is 1.59 bits per heavy atom. The molecule has 0 heterocycles. The number of carbonyl (C=O) groups excluding carboxylic acids is 2. The van der Waals surface area contributed by atoms with E-state index in [1.165, 1.54) is 0 Å². The molecule has 6 heteroatoms. The van der Waals surface area contributed by atoms with Gasteiger partial charge in [-0.15, -0.1) is 0 Å². The zero-order valence-electron chi connectivity index (χ0n) is 17.7. The third kappa shape index (κ3) is 7.09. The third-order valence-corrected chi connectivity index (χ3v) is 4.70. The summed E-state index contributed by atoms with van der Waals surface area (Å²) >= 11 is 5.97. The number of hydrogen-bond acceptors (Lipinski definition) is 3. The summed E-state index contributed by atoms with van der Waals surface area (Å²) in [7, 11) is 1.60. The maximum Gasteiger partial charge on any atom is 0.242 e. The molecule has 5 nitrogen and oxygen atoms in total. The molecular formula is C23H29ClN2O3. The van der Waals surface area contributed by atoms with Crippen molar-refractivity contribution in [2.75, 3.05) is 7.11 Å². The lowest BCUT2D eigenvalue weighted by atomic mass is 10.1. The number of methoxy groups -OCH3 is 1. The van der Waals surface area contributed by atoms with Crippen LogP contribution in [-0.2, 0) is 22.6 Å². The average Bonchev–Trinajstić information content (AvgIpc) is 2.66. The summed E-state index contributed by atoms with van der Waals surface area (Å²) in [6, 6.07) is 14.0. The van der Waals surface area contributed by atoms with Gasteiger partial charge in [0.15, 0.2) is 0 Å². The molecule has 0 aliphatic heterocycles. The van der Waals surface area contributed by atoms with Crippen LogP contribution in [0.5, 0.6) is 5.75 Å². The highest BCUT2D eigenvalue weighted by molar-refractivity contribution is 6.30. The molecule has 2 rings (SSSR count). The minimum absolute atomic E-state index is 0.123. The number of nitrogens with one attached hydrogen (secondary N) is 1. The van der Waals surface area contributed by atoms with Crippen LogP contribution in [0.3, 0.4) is 0 Å². The third-order valence-electron chi connectivity index (χ3n) is 4.45. The van der Waals surface area contributed by atoms with Crippen LogP contribution in [0.2, 0.25) is 5.02 Å². The Balaban J connectivity index is 2.22. The molecule has 0 aliphatic carbocycles. The maximum absolute atomic E-state index is 13.1. The highest BCUT2D eigenvalue weighted by atomic mass is 35.5. The fourth-order valence-electron chi connectivity index (χ4n) is 2.86. The van der Waals surface area contributed by atoms with Gasteiger partial charge in [0.2, 0.25) is 11.8 Å². The summed E-state index contributed by atoms with van der Waals surface area (Å²) in [5.41, 5.74) is 1.39. The summed E-state index contributed by atoms with van der Waals surface area (Å²) < 4.78 is 5.17. The molecule has 1 unspecified atom stereocenters. The van der Waals surface area contributed by atoms with Crippen LogP contribution in [0.1, 0.15) is 38.8 Å². The lowest BCUT2D eigenvalue weighted by Gasteiger charge is -2.31. The van der Waals surface area contributed by atoms with E-state index >= 15 is 0 Å². The standard InChI is InChI=1S/C23H29ClN2O3/c1-16(22(28)25-23(2,3)4)26(15-18-6-10-19(24)11-7-18)21(27)14-17-8-12-20(29-5)13-9-17/h6-13,16H,14-15H2,1-5H3,(H,25,28). The van der Waals surface area contributed by atoms with E-state index in [4.69, 9.17) is 16.3 Å². The molecule has 0 saturated carbocycles. The van der Waals surface area contributed by atoms with Crippen LogP contribution < -0.4 is 10.1 Å². The molecule has 0 fully saturated rings. The highest BCUT2D eigenvalue weighted by Gasteiger charge is 2.28. The second-order valence-corrected chi connectivity index (χ2v) is 8.52. The smallest absolute Gasteiger partial charge is 0.242 e. The Kier molecular flexibility index (Phi) is 7.68. The van der Waals surface area contributed by atoms with Crippen molar-refractivity contribution in [2.45, 2.75) is 52.2 Å². The van der Waals surface area contributed by atoms with Gasteiger partial charge in [-0.25, -0.2) is 0 Å². The van der Waals surface area contributed by atoms with Gasteiger partial charge in [-0.3, -0.25) is 9.59 Å². The zero-order chi connectivity index (χ0) is 21.6. The molecule has 2 aromatic rings. The number of rotatable bonds is 7. The van der Waals surface area contributed by atoms with Gasteiger partial charge in [0.1, 0.15) is 11.8 Å². The first-order chi connectivity index (χ1) is 13.6. The summed E-state index contributed by atoms with van der Waals surface area (Å²) in [5, 5.41) is 3.59. The Morgan fingerprint density at radius 1 is 1.03 bits per heavy atom. The summed E-state index contributed by atoms with van der Waals surface area (Å²) in [5.74, 6) is 0.424. The first kappa shape index (κ1) is 22.8. The van der Waals surface area contributed by atoms with Crippen LogP contribution in [-0.4, -0.2) is 35.4 Å². The predicted octanol–water partition coefficient (Wildman–Crippen LogP) is 4.22. The number of ether oxygens (including phenoxy) is 1. The van der Waals surface area contributed by atoms with E-state index < -0.39 is 6.04 Å². The molecule has 156 valence electrons. The first-order valence-electron chi connectivity index (χ1n) is 9.58. The summed E-state index contributed by atoms with van der Waals surface area (Å²) in [6.07, 6.45) is 0.199. The Bertz CT molecular complexity index is 827. The molecule has 0 spiro atoms. The van der Waals surface area contributed by atoms with Crippen LogP contribution >= 0.6 is 11.6 Å². The van der Waals surface area contributed by atoms with Gasteiger partial charge in [-0.2, -0.15) is 0 Å². The van der Waals surface area contributed by atoms with Gasteiger partial charge in [0.05, 0.1) is 13.5 Å². The summed E-state index contributed by atoms with van der Waals surface area (Å²) in [6.45, 7) is 7.83. The van der Waals surface area contributed by atoms with Gasteiger partial charge in [0, 0.05) is 17.1 Å². The normalized spacial score (nSPS) is 12.2. The van der Waals surface area contributed by atoms with Crippen LogP contribution in [0.4, 0.5) is 0 Å². The lowest BCUT2D eigenvalue weighted by molar-refractivity contribution is -0.140. The Hall–Kier alpha value is -2.53. The second-order valence-electron chi connectivity index (χ2n) is 8.09. The average molecular weight is 417 g/mol. The maximum atomic E-state index is 13.1. The van der Waals surface area contributed by atoms with Gasteiger partial charge >= 0.3 is 0 Å². The van der Waals surface area contributed by atoms with Gasteiger partial charge in [-0.05, 0) is 63.1 Å². The van der Waals surface area contributed by atoms with Crippen molar-refractivity contribution in [1.29, 1.82) is 0 Å². The minimum Gasteiger partial charge on any atom is -0.497 e. The molecule has 29 heavy (non-hydrogen) atoms. The van der Waals surface area contributed by atoms with Gasteiger partial charge < -0.3 is 15.0 Å². The van der Waals surface area contributed by atoms with E-state index in [2.05, 4.69) is 5.32 Å². The number of benzene rings is 2. The van der Waals surface area contributed by atoms with Crippen LogP contribution in [0.25, 0.3) is 0 Å². The molecule has 2 amide bonds.